The number of hydrogen-bond acceptors (Lipinski definition) is 10. The number of aliphatic hydroxyl groups excluding tert-OH is 5. The second-order valence-corrected chi connectivity index (χ2v) is 11.1. The van der Waals surface area contributed by atoms with Crippen molar-refractivity contribution in [1.29, 1.82) is 0 Å². The van der Waals surface area contributed by atoms with Crippen LogP contribution in [0.5, 0.6) is 0 Å². The summed E-state index contributed by atoms with van der Waals surface area (Å²) in [6, 6.07) is 14.9. The van der Waals surface area contributed by atoms with E-state index in [4.69, 9.17) is 4.74 Å². The topological polar surface area (TPSA) is 186 Å². The van der Waals surface area contributed by atoms with E-state index in [1.807, 2.05) is 48.5 Å². The summed E-state index contributed by atoms with van der Waals surface area (Å²) in [4.78, 5) is 24.5. The van der Waals surface area contributed by atoms with Crippen molar-refractivity contribution in [1.82, 2.24) is 19.5 Å². The standard InChI is InChI=1S/C30H27N5O7/c36-10-18-17(37)9-19(42-18)35-11-31-24-28(35)33-30(34-29(24)41)32-23-22-15-7-6-13-3-1-2-12-4-5-14(21(15)20(12)13)8-16(22)25(38)27(40)26(23)39/h1-8,11,17-19,23,25-27,36-40H,9-10H2,(H2,32,33,34,41)/t17-,18+,19+,23-,25-,26+,27+/m0/s1. The molecule has 12 nitrogen and oxygen atoms in total. The van der Waals surface area contributed by atoms with Gasteiger partial charge in [-0.2, -0.15) is 4.98 Å². The van der Waals surface area contributed by atoms with E-state index in [2.05, 4.69) is 20.3 Å². The van der Waals surface area contributed by atoms with Crippen molar-refractivity contribution in [3.05, 3.63) is 76.3 Å². The summed E-state index contributed by atoms with van der Waals surface area (Å²) in [6.45, 7) is -0.361. The number of imidazole rings is 1. The summed E-state index contributed by atoms with van der Waals surface area (Å²) in [6.07, 6.45) is -5.10. The Morgan fingerprint density at radius 1 is 1.00 bits per heavy atom. The number of fused-ring (bicyclic) bond motifs is 3. The summed E-state index contributed by atoms with van der Waals surface area (Å²) in [5.41, 5.74) is 0.746. The molecule has 0 unspecified atom stereocenters. The van der Waals surface area contributed by atoms with Crippen LogP contribution in [0.1, 0.15) is 35.9 Å². The van der Waals surface area contributed by atoms with Gasteiger partial charge in [-0.05, 0) is 49.5 Å². The third-order valence-corrected chi connectivity index (χ3v) is 8.78. The normalized spacial score (nSPS) is 27.9. The van der Waals surface area contributed by atoms with Crippen LogP contribution in [-0.4, -0.2) is 76.1 Å². The number of rotatable bonds is 4. The summed E-state index contributed by atoms with van der Waals surface area (Å²) >= 11 is 0. The minimum atomic E-state index is -1.51. The van der Waals surface area contributed by atoms with Crippen molar-refractivity contribution in [2.24, 2.45) is 0 Å². The molecule has 4 aromatic carbocycles. The van der Waals surface area contributed by atoms with E-state index in [1.54, 1.807) is 0 Å². The molecule has 12 heteroatoms. The van der Waals surface area contributed by atoms with Crippen LogP contribution in [0.3, 0.4) is 0 Å². The molecule has 0 amide bonds. The molecule has 0 saturated carbocycles. The van der Waals surface area contributed by atoms with Gasteiger partial charge in [0.2, 0.25) is 5.95 Å². The highest BCUT2D eigenvalue weighted by Gasteiger charge is 2.42. The Morgan fingerprint density at radius 2 is 1.76 bits per heavy atom. The molecule has 7 atom stereocenters. The number of benzene rings is 4. The molecule has 214 valence electrons. The zero-order valence-corrected chi connectivity index (χ0v) is 22.0. The Labute approximate surface area is 236 Å². The van der Waals surface area contributed by atoms with E-state index in [-0.39, 0.29) is 30.1 Å². The lowest BCUT2D eigenvalue weighted by molar-refractivity contribution is -0.0767. The van der Waals surface area contributed by atoms with Gasteiger partial charge in [-0.25, -0.2) is 4.98 Å². The Bertz CT molecular complexity index is 2040. The Morgan fingerprint density at radius 3 is 2.52 bits per heavy atom. The minimum Gasteiger partial charge on any atom is -0.394 e. The molecule has 0 bridgehead atoms. The molecule has 3 heterocycles. The number of nitrogens with zero attached hydrogens (tertiary/aromatic N) is 3. The maximum absolute atomic E-state index is 13.0. The average Bonchev–Trinajstić information content (AvgIpc) is 3.59. The van der Waals surface area contributed by atoms with Crippen molar-refractivity contribution in [3.63, 3.8) is 0 Å². The maximum Gasteiger partial charge on any atom is 0.280 e. The number of aliphatic hydroxyl groups is 5. The van der Waals surface area contributed by atoms with Crippen molar-refractivity contribution < 1.29 is 30.3 Å². The van der Waals surface area contributed by atoms with Crippen molar-refractivity contribution >= 4 is 49.4 Å². The fourth-order valence-corrected chi connectivity index (χ4v) is 6.75. The number of ether oxygens (including phenoxy) is 1. The second kappa shape index (κ2) is 9.16. The molecule has 1 saturated heterocycles. The molecule has 42 heavy (non-hydrogen) atoms. The van der Waals surface area contributed by atoms with Gasteiger partial charge in [0.15, 0.2) is 11.2 Å². The van der Waals surface area contributed by atoms with Crippen LogP contribution in [0.15, 0.2) is 59.7 Å². The van der Waals surface area contributed by atoms with Gasteiger partial charge in [0.05, 0.1) is 25.1 Å². The number of H-pyrrole nitrogens is 1. The van der Waals surface area contributed by atoms with E-state index in [0.717, 1.165) is 32.3 Å². The summed E-state index contributed by atoms with van der Waals surface area (Å²) in [5, 5.41) is 61.9. The number of anilines is 1. The molecule has 8 rings (SSSR count). The fourth-order valence-electron chi connectivity index (χ4n) is 6.75. The van der Waals surface area contributed by atoms with Crippen LogP contribution in [0.25, 0.3) is 43.5 Å². The average molecular weight is 570 g/mol. The SMILES string of the molecule is O=c1[nH]c(N[C@H]2c3c(cc4ccc5cccc6ccc3c4c56)[C@H](O)[C@@H](O)[C@@H]2O)nc2c1ncn2[C@H]1C[C@H](O)[C@@H](CO)O1. The van der Waals surface area contributed by atoms with Crippen LogP contribution in [0.4, 0.5) is 5.95 Å². The van der Waals surface area contributed by atoms with E-state index in [0.29, 0.717) is 11.1 Å². The van der Waals surface area contributed by atoms with Gasteiger partial charge in [-0.1, -0.05) is 42.5 Å². The maximum atomic E-state index is 13.0. The minimum absolute atomic E-state index is 0.00999. The summed E-state index contributed by atoms with van der Waals surface area (Å²) < 4.78 is 7.27. The molecule has 1 aliphatic carbocycles. The molecule has 2 aliphatic rings. The van der Waals surface area contributed by atoms with Crippen LogP contribution >= 0.6 is 0 Å². The predicted octanol–water partition coefficient (Wildman–Crippen LogP) is 1.58. The van der Waals surface area contributed by atoms with Crippen LogP contribution in [-0.2, 0) is 4.74 Å². The number of aromatic nitrogens is 4. The lowest BCUT2D eigenvalue weighted by Crippen LogP contribution is -2.44. The van der Waals surface area contributed by atoms with Gasteiger partial charge in [0, 0.05) is 6.42 Å². The molecular weight excluding hydrogens is 542 g/mol. The van der Waals surface area contributed by atoms with E-state index in [1.165, 1.54) is 10.9 Å². The lowest BCUT2D eigenvalue weighted by atomic mass is 9.77. The van der Waals surface area contributed by atoms with Crippen LogP contribution in [0.2, 0.25) is 0 Å². The first-order valence-corrected chi connectivity index (χ1v) is 13.8. The molecule has 2 aromatic heterocycles. The van der Waals surface area contributed by atoms with Crippen LogP contribution in [0, 0.1) is 0 Å². The first-order chi connectivity index (χ1) is 20.3. The zero-order valence-electron chi connectivity index (χ0n) is 22.0. The molecule has 7 N–H and O–H groups in total. The first-order valence-electron chi connectivity index (χ1n) is 13.8. The van der Waals surface area contributed by atoms with Gasteiger partial charge in [-0.3, -0.25) is 14.3 Å². The predicted molar refractivity (Wildman–Crippen MR) is 153 cm³/mol. The Hall–Kier alpha value is -4.17. The van der Waals surface area contributed by atoms with E-state index < -0.39 is 48.3 Å². The van der Waals surface area contributed by atoms with Gasteiger partial charge >= 0.3 is 0 Å². The largest absolute Gasteiger partial charge is 0.394 e. The zero-order chi connectivity index (χ0) is 28.9. The molecule has 6 aromatic rings. The molecule has 1 aliphatic heterocycles. The monoisotopic (exact) mass is 569 g/mol. The van der Waals surface area contributed by atoms with Gasteiger partial charge in [0.1, 0.15) is 30.6 Å². The summed E-state index contributed by atoms with van der Waals surface area (Å²) in [7, 11) is 0. The number of nitrogens with one attached hydrogen (secondary N) is 2. The highest BCUT2D eigenvalue weighted by molar-refractivity contribution is 6.24. The molecular formula is C30H27N5O7. The van der Waals surface area contributed by atoms with Gasteiger partial charge in [-0.15, -0.1) is 0 Å². The lowest BCUT2D eigenvalue weighted by Gasteiger charge is -2.38. The third kappa shape index (κ3) is 3.54. The van der Waals surface area contributed by atoms with Crippen molar-refractivity contribution in [2.75, 3.05) is 11.9 Å². The second-order valence-electron chi connectivity index (χ2n) is 11.1. The Balaban J connectivity index is 1.29. The highest BCUT2D eigenvalue weighted by Crippen LogP contribution is 2.46. The van der Waals surface area contributed by atoms with Gasteiger partial charge in [0.25, 0.3) is 5.56 Å². The molecule has 1 fully saturated rings. The van der Waals surface area contributed by atoms with E-state index in [9.17, 15) is 30.3 Å². The highest BCUT2D eigenvalue weighted by atomic mass is 16.5. The van der Waals surface area contributed by atoms with Crippen molar-refractivity contribution in [2.45, 2.75) is 49.2 Å². The molecule has 0 radical (unpaired) electrons. The number of hydrogen-bond donors (Lipinski definition) is 7. The number of aromatic amines is 1. The van der Waals surface area contributed by atoms with Crippen LogP contribution < -0.4 is 10.9 Å². The summed E-state index contributed by atoms with van der Waals surface area (Å²) in [5.74, 6) is 0.00999. The van der Waals surface area contributed by atoms with Crippen molar-refractivity contribution in [3.8, 4) is 0 Å². The molecule has 0 spiro atoms. The third-order valence-electron chi connectivity index (χ3n) is 8.78. The smallest absolute Gasteiger partial charge is 0.280 e. The Kier molecular flexibility index (Phi) is 5.57. The van der Waals surface area contributed by atoms with Gasteiger partial charge < -0.3 is 35.6 Å². The van der Waals surface area contributed by atoms with E-state index >= 15 is 0 Å². The first kappa shape index (κ1) is 25.5. The quantitative estimate of drug-likeness (QED) is 0.154. The fraction of sp³-hybridized carbons (Fsp3) is 0.300.